The number of nitriles is 1. The van der Waals surface area contributed by atoms with Crippen molar-refractivity contribution in [3.05, 3.63) is 23.8 Å². The molecule has 2 nitrogen and oxygen atoms in total. The molecule has 0 unspecified atom stereocenters. The maximum Gasteiger partial charge on any atom is 0.136 e. The van der Waals surface area contributed by atoms with Crippen LogP contribution >= 0.6 is 12.6 Å². The average molecular weight is 165 g/mol. The van der Waals surface area contributed by atoms with Gasteiger partial charge in [0, 0.05) is 4.90 Å². The number of benzene rings is 1. The SMILES string of the molecule is COc1ccc(S)cc1C#N. The molecule has 0 aliphatic rings. The number of methoxy groups -OCH3 is 1. The molecule has 1 aromatic carbocycles. The molecule has 0 aliphatic carbocycles. The van der Waals surface area contributed by atoms with Gasteiger partial charge in [-0.05, 0) is 18.2 Å². The summed E-state index contributed by atoms with van der Waals surface area (Å²) in [7, 11) is 1.54. The van der Waals surface area contributed by atoms with Crippen LogP contribution in [0.2, 0.25) is 0 Å². The molecule has 0 bridgehead atoms. The molecule has 1 aromatic rings. The summed E-state index contributed by atoms with van der Waals surface area (Å²) in [5.74, 6) is 0.588. The molecule has 0 radical (unpaired) electrons. The molecule has 0 aromatic heterocycles. The van der Waals surface area contributed by atoms with Gasteiger partial charge in [-0.25, -0.2) is 0 Å². The highest BCUT2D eigenvalue weighted by atomic mass is 32.1. The predicted molar refractivity (Wildman–Crippen MR) is 45.0 cm³/mol. The minimum absolute atomic E-state index is 0.514. The highest BCUT2D eigenvalue weighted by Gasteiger charge is 2.00. The van der Waals surface area contributed by atoms with Gasteiger partial charge in [-0.15, -0.1) is 12.6 Å². The first-order chi connectivity index (χ1) is 5.27. The van der Waals surface area contributed by atoms with Crippen molar-refractivity contribution >= 4 is 12.6 Å². The Bertz CT molecular complexity index is 303. The van der Waals surface area contributed by atoms with Gasteiger partial charge in [0.25, 0.3) is 0 Å². The van der Waals surface area contributed by atoms with E-state index in [1.165, 1.54) is 7.11 Å². The van der Waals surface area contributed by atoms with Crippen LogP contribution in [0.4, 0.5) is 0 Å². The summed E-state index contributed by atoms with van der Waals surface area (Å²) in [5.41, 5.74) is 0.514. The van der Waals surface area contributed by atoms with Crippen LogP contribution in [-0.2, 0) is 0 Å². The monoisotopic (exact) mass is 165 g/mol. The third-order valence-corrected chi connectivity index (χ3v) is 1.58. The van der Waals surface area contributed by atoms with Crippen molar-refractivity contribution in [2.75, 3.05) is 7.11 Å². The van der Waals surface area contributed by atoms with Crippen molar-refractivity contribution < 1.29 is 4.74 Å². The second-order valence-electron chi connectivity index (χ2n) is 2.00. The molecule has 0 amide bonds. The number of ether oxygens (including phenoxy) is 1. The molecule has 0 fully saturated rings. The lowest BCUT2D eigenvalue weighted by atomic mass is 10.2. The van der Waals surface area contributed by atoms with Crippen molar-refractivity contribution in [1.82, 2.24) is 0 Å². The Labute approximate surface area is 70.8 Å². The van der Waals surface area contributed by atoms with Gasteiger partial charge in [-0.3, -0.25) is 0 Å². The van der Waals surface area contributed by atoms with Gasteiger partial charge in [0.1, 0.15) is 11.8 Å². The summed E-state index contributed by atoms with van der Waals surface area (Å²) in [6, 6.07) is 7.19. The maximum absolute atomic E-state index is 8.61. The highest BCUT2D eigenvalue weighted by molar-refractivity contribution is 7.80. The van der Waals surface area contributed by atoms with Crippen molar-refractivity contribution in [3.8, 4) is 11.8 Å². The fraction of sp³-hybridized carbons (Fsp3) is 0.125. The van der Waals surface area contributed by atoms with E-state index in [9.17, 15) is 0 Å². The quantitative estimate of drug-likeness (QED) is 0.644. The molecular weight excluding hydrogens is 158 g/mol. The largest absolute Gasteiger partial charge is 0.495 e. The summed E-state index contributed by atoms with van der Waals surface area (Å²) in [5, 5.41) is 8.61. The topological polar surface area (TPSA) is 33.0 Å². The van der Waals surface area contributed by atoms with Crippen LogP contribution < -0.4 is 4.74 Å². The van der Waals surface area contributed by atoms with E-state index < -0.39 is 0 Å². The summed E-state index contributed by atoms with van der Waals surface area (Å²) in [6.45, 7) is 0. The summed E-state index contributed by atoms with van der Waals surface area (Å²) < 4.78 is 4.93. The van der Waals surface area contributed by atoms with E-state index in [0.717, 1.165) is 4.90 Å². The van der Waals surface area contributed by atoms with E-state index in [2.05, 4.69) is 12.6 Å². The van der Waals surface area contributed by atoms with Gasteiger partial charge in [0.2, 0.25) is 0 Å². The minimum atomic E-state index is 0.514. The predicted octanol–water partition coefficient (Wildman–Crippen LogP) is 1.86. The van der Waals surface area contributed by atoms with E-state index in [1.54, 1.807) is 18.2 Å². The van der Waals surface area contributed by atoms with Gasteiger partial charge in [-0.2, -0.15) is 5.26 Å². The number of hydrogen-bond donors (Lipinski definition) is 1. The summed E-state index contributed by atoms with van der Waals surface area (Å²) in [6.07, 6.45) is 0. The molecule has 56 valence electrons. The first-order valence-electron chi connectivity index (χ1n) is 3.05. The molecule has 1 rings (SSSR count). The molecule has 0 heterocycles. The van der Waals surface area contributed by atoms with E-state index in [4.69, 9.17) is 10.00 Å². The number of rotatable bonds is 1. The zero-order valence-corrected chi connectivity index (χ0v) is 6.93. The van der Waals surface area contributed by atoms with E-state index in [0.29, 0.717) is 11.3 Å². The average Bonchev–Trinajstić information content (AvgIpc) is 2.04. The smallest absolute Gasteiger partial charge is 0.136 e. The third-order valence-electron chi connectivity index (χ3n) is 1.30. The molecule has 0 aliphatic heterocycles. The molecule has 0 saturated carbocycles. The number of thiol groups is 1. The summed E-state index contributed by atoms with van der Waals surface area (Å²) in [4.78, 5) is 0.766. The number of hydrogen-bond acceptors (Lipinski definition) is 3. The van der Waals surface area contributed by atoms with Crippen LogP contribution in [0.15, 0.2) is 23.1 Å². The first-order valence-corrected chi connectivity index (χ1v) is 3.49. The van der Waals surface area contributed by atoms with Crippen LogP contribution in [0.5, 0.6) is 5.75 Å². The molecule has 0 N–H and O–H groups in total. The van der Waals surface area contributed by atoms with Crippen LogP contribution in [0, 0.1) is 11.3 Å². The molecule has 0 spiro atoms. The van der Waals surface area contributed by atoms with Crippen molar-refractivity contribution in [3.63, 3.8) is 0 Å². The van der Waals surface area contributed by atoms with Gasteiger partial charge in [0.15, 0.2) is 0 Å². The minimum Gasteiger partial charge on any atom is -0.495 e. The van der Waals surface area contributed by atoms with Gasteiger partial charge in [-0.1, -0.05) is 0 Å². The fourth-order valence-corrected chi connectivity index (χ4v) is 0.987. The lowest BCUT2D eigenvalue weighted by Gasteiger charge is -2.01. The zero-order valence-electron chi connectivity index (χ0n) is 6.03. The molecular formula is C8H7NOS. The summed E-state index contributed by atoms with van der Waals surface area (Å²) >= 11 is 4.09. The lowest BCUT2D eigenvalue weighted by Crippen LogP contribution is -1.86. The molecule has 0 saturated heterocycles. The van der Waals surface area contributed by atoms with Crippen LogP contribution in [0.1, 0.15) is 5.56 Å². The first kappa shape index (κ1) is 7.96. The normalized spacial score (nSPS) is 8.82. The third kappa shape index (κ3) is 1.66. The molecule has 11 heavy (non-hydrogen) atoms. The van der Waals surface area contributed by atoms with E-state index >= 15 is 0 Å². The Morgan fingerprint density at radius 3 is 2.82 bits per heavy atom. The van der Waals surface area contributed by atoms with Crippen LogP contribution in [-0.4, -0.2) is 7.11 Å². The molecule has 0 atom stereocenters. The van der Waals surface area contributed by atoms with Crippen LogP contribution in [0.3, 0.4) is 0 Å². The van der Waals surface area contributed by atoms with Crippen molar-refractivity contribution in [1.29, 1.82) is 5.26 Å². The van der Waals surface area contributed by atoms with Crippen molar-refractivity contribution in [2.24, 2.45) is 0 Å². The fourth-order valence-electron chi connectivity index (χ4n) is 0.783. The van der Waals surface area contributed by atoms with Gasteiger partial charge >= 0.3 is 0 Å². The second-order valence-corrected chi connectivity index (χ2v) is 2.51. The van der Waals surface area contributed by atoms with Gasteiger partial charge < -0.3 is 4.74 Å². The second kappa shape index (κ2) is 3.31. The maximum atomic E-state index is 8.61. The van der Waals surface area contributed by atoms with Crippen LogP contribution in [0.25, 0.3) is 0 Å². The lowest BCUT2D eigenvalue weighted by molar-refractivity contribution is 0.413. The Kier molecular flexibility index (Phi) is 2.40. The Balaban J connectivity index is 3.19. The van der Waals surface area contributed by atoms with E-state index in [-0.39, 0.29) is 0 Å². The number of nitrogens with zero attached hydrogens (tertiary/aromatic N) is 1. The zero-order chi connectivity index (χ0) is 8.27. The van der Waals surface area contributed by atoms with Crippen molar-refractivity contribution in [2.45, 2.75) is 4.90 Å². The van der Waals surface area contributed by atoms with E-state index in [1.807, 2.05) is 6.07 Å². The molecule has 3 heteroatoms. The Hall–Kier alpha value is -1.14. The standard InChI is InChI=1S/C8H7NOS/c1-10-8-3-2-7(11)4-6(8)5-9/h2-4,11H,1H3. The highest BCUT2D eigenvalue weighted by Crippen LogP contribution is 2.20. The van der Waals surface area contributed by atoms with Gasteiger partial charge in [0.05, 0.1) is 12.7 Å². The Morgan fingerprint density at radius 1 is 1.55 bits per heavy atom. The Morgan fingerprint density at radius 2 is 2.27 bits per heavy atom.